The van der Waals surface area contributed by atoms with Crippen molar-refractivity contribution in [2.24, 2.45) is 0 Å². The smallest absolute Gasteiger partial charge is 0.743 e. The van der Waals surface area contributed by atoms with Crippen molar-refractivity contribution in [2.45, 2.75) is 43.5 Å². The Hall–Kier alpha value is 0.157. The van der Waals surface area contributed by atoms with Crippen molar-refractivity contribution in [3.05, 3.63) is 0 Å². The molecule has 0 aliphatic heterocycles. The molecule has 0 amide bonds. The molecule has 98 valence electrons. The minimum Gasteiger partial charge on any atom is -0.743 e. The minimum absolute atomic E-state index is 0. The van der Waals surface area contributed by atoms with Gasteiger partial charge < -0.3 is 4.55 Å². The molecule has 17 heavy (non-hydrogen) atoms. The van der Waals surface area contributed by atoms with Crippen LogP contribution < -0.4 is 18.9 Å². The monoisotopic (exact) mass is 276 g/mol. The van der Waals surface area contributed by atoms with Crippen molar-refractivity contribution >= 4 is 10.1 Å². The van der Waals surface area contributed by atoms with E-state index < -0.39 is 33.9 Å². The minimum atomic E-state index is -6.60. The van der Waals surface area contributed by atoms with Gasteiger partial charge in [-0.25, -0.2) is 12.8 Å². The summed E-state index contributed by atoms with van der Waals surface area (Å²) in [5.41, 5.74) is 0. The summed E-state index contributed by atoms with van der Waals surface area (Å²) in [4.78, 5) is 0. The Morgan fingerprint density at radius 3 is 1.94 bits per heavy atom. The van der Waals surface area contributed by atoms with Gasteiger partial charge in [-0.15, -0.1) is 0 Å². The summed E-state index contributed by atoms with van der Waals surface area (Å²) in [5.74, 6) is -5.51. The maximum absolute atomic E-state index is 12.8. The third-order valence-electron chi connectivity index (χ3n) is 1.91. The van der Waals surface area contributed by atoms with Crippen molar-refractivity contribution in [1.29, 1.82) is 0 Å². The van der Waals surface area contributed by atoms with Crippen LogP contribution in [0.4, 0.5) is 22.0 Å². The van der Waals surface area contributed by atoms with Crippen LogP contribution in [0, 0.1) is 0 Å². The molecule has 0 aliphatic carbocycles. The number of hydrogen-bond acceptors (Lipinski definition) is 3. The van der Waals surface area contributed by atoms with E-state index in [1.807, 2.05) is 0 Å². The molecule has 0 saturated heterocycles. The first-order valence-electron chi connectivity index (χ1n) is 4.33. The Morgan fingerprint density at radius 2 is 1.65 bits per heavy atom. The molecule has 0 N–H and O–H groups in total. The van der Waals surface area contributed by atoms with E-state index in [2.05, 4.69) is 0 Å². The Kier molecular flexibility index (Phi) is 7.29. The van der Waals surface area contributed by atoms with Gasteiger partial charge in [-0.05, 0) is 6.42 Å². The summed E-state index contributed by atoms with van der Waals surface area (Å²) in [6.45, 7) is 1.51. The molecule has 0 saturated carbocycles. The van der Waals surface area contributed by atoms with Gasteiger partial charge in [0.15, 0.2) is 16.3 Å². The fourth-order valence-corrected chi connectivity index (χ4v) is 1.37. The van der Waals surface area contributed by atoms with Gasteiger partial charge in [0.1, 0.15) is 0 Å². The average Bonchev–Trinajstić information content (AvgIpc) is 2.11. The Morgan fingerprint density at radius 1 is 1.24 bits per heavy atom. The molecule has 3 nitrogen and oxygen atoms in total. The van der Waals surface area contributed by atoms with Gasteiger partial charge in [0, 0.05) is 0 Å². The van der Waals surface area contributed by atoms with Gasteiger partial charge in [0.05, 0.1) is 0 Å². The molecule has 0 aromatic rings. The average molecular weight is 276 g/mol. The second kappa shape index (κ2) is 6.36. The number of unbranched alkanes of at least 4 members (excludes halogenated alkanes) is 1. The zero-order valence-electron chi connectivity index (χ0n) is 9.22. The molecule has 0 radical (unpaired) electrons. The third-order valence-corrected chi connectivity index (χ3v) is 2.81. The van der Waals surface area contributed by atoms with E-state index >= 15 is 0 Å². The summed E-state index contributed by atoms with van der Waals surface area (Å²) in [7, 11) is -6.60. The quantitative estimate of drug-likeness (QED) is 0.366. The summed E-state index contributed by atoms with van der Waals surface area (Å²) < 4.78 is 92.9. The first kappa shape index (κ1) is 19.5. The molecule has 0 spiro atoms. The third kappa shape index (κ3) is 4.08. The van der Waals surface area contributed by atoms with Crippen LogP contribution in [0.1, 0.15) is 26.2 Å². The largest absolute Gasteiger partial charge is 1.00 e. The molecule has 0 aromatic carbocycles. The predicted molar refractivity (Wildman–Crippen MR) is 44.0 cm³/mol. The summed E-state index contributed by atoms with van der Waals surface area (Å²) in [5, 5.41) is -5.94. The van der Waals surface area contributed by atoms with Crippen molar-refractivity contribution in [1.82, 2.24) is 0 Å². The topological polar surface area (TPSA) is 57.2 Å². The Labute approximate surface area is 108 Å². The normalized spacial score (nSPS) is 15.2. The van der Waals surface area contributed by atoms with Crippen LogP contribution in [0.2, 0.25) is 0 Å². The molecule has 10 heteroatoms. The molecular formula is C7H10F5LiO3S. The standard InChI is InChI=1S/C7H11F5O3S.Li/c1-2-3-4-5(8)6(9,10)7(11,12)16(13,14)15;/h5H,2-4H2,1H3,(H,13,14,15);/q;+1/p-1. The Bertz CT molecular complexity index is 332. The molecule has 0 heterocycles. The van der Waals surface area contributed by atoms with Crippen LogP contribution in [-0.2, 0) is 10.1 Å². The van der Waals surface area contributed by atoms with Crippen molar-refractivity contribution in [3.8, 4) is 0 Å². The van der Waals surface area contributed by atoms with Crippen LogP contribution in [0.25, 0.3) is 0 Å². The van der Waals surface area contributed by atoms with Crippen LogP contribution in [0.5, 0.6) is 0 Å². The molecule has 1 atom stereocenters. The SMILES string of the molecule is CCCCC(F)C(F)(F)C(F)(F)S(=O)(=O)[O-].[Li+]. The summed E-state index contributed by atoms with van der Waals surface area (Å²) >= 11 is 0. The van der Waals surface area contributed by atoms with Crippen LogP contribution in [0.3, 0.4) is 0 Å². The van der Waals surface area contributed by atoms with E-state index in [0.29, 0.717) is 0 Å². The fourth-order valence-electron chi connectivity index (χ4n) is 0.914. The zero-order chi connectivity index (χ0) is 13.2. The molecule has 1 unspecified atom stereocenters. The fraction of sp³-hybridized carbons (Fsp3) is 1.00. The van der Waals surface area contributed by atoms with E-state index in [1.165, 1.54) is 6.92 Å². The van der Waals surface area contributed by atoms with E-state index in [0.717, 1.165) is 0 Å². The maximum atomic E-state index is 12.8. The van der Waals surface area contributed by atoms with Crippen LogP contribution >= 0.6 is 0 Å². The van der Waals surface area contributed by atoms with E-state index in [4.69, 9.17) is 0 Å². The van der Waals surface area contributed by atoms with Crippen LogP contribution in [-0.4, -0.2) is 30.3 Å². The summed E-state index contributed by atoms with van der Waals surface area (Å²) in [6, 6.07) is 0. The van der Waals surface area contributed by atoms with Gasteiger partial charge in [0.25, 0.3) is 0 Å². The number of halogens is 5. The summed E-state index contributed by atoms with van der Waals surface area (Å²) in [6.07, 6.45) is -4.15. The van der Waals surface area contributed by atoms with Crippen molar-refractivity contribution in [2.75, 3.05) is 0 Å². The predicted octanol–water partition coefficient (Wildman–Crippen LogP) is -0.708. The van der Waals surface area contributed by atoms with Crippen molar-refractivity contribution in [3.63, 3.8) is 0 Å². The molecular weight excluding hydrogens is 266 g/mol. The van der Waals surface area contributed by atoms with Crippen LogP contribution in [0.15, 0.2) is 0 Å². The Balaban J connectivity index is 0. The van der Waals surface area contributed by atoms with Gasteiger partial charge in [-0.3, -0.25) is 0 Å². The van der Waals surface area contributed by atoms with E-state index in [-0.39, 0.29) is 31.7 Å². The first-order chi connectivity index (χ1) is 6.98. The van der Waals surface area contributed by atoms with Gasteiger partial charge in [-0.1, -0.05) is 19.8 Å². The number of hydrogen-bond donors (Lipinski definition) is 0. The van der Waals surface area contributed by atoms with Crippen molar-refractivity contribution < 1.29 is 53.8 Å². The second-order valence-corrected chi connectivity index (χ2v) is 4.62. The molecule has 0 bridgehead atoms. The van der Waals surface area contributed by atoms with E-state index in [9.17, 15) is 34.9 Å². The van der Waals surface area contributed by atoms with Gasteiger partial charge in [0.2, 0.25) is 0 Å². The van der Waals surface area contributed by atoms with E-state index in [1.54, 1.807) is 0 Å². The molecule has 0 rings (SSSR count). The van der Waals surface area contributed by atoms with Gasteiger partial charge >= 0.3 is 30.0 Å². The van der Waals surface area contributed by atoms with Gasteiger partial charge in [-0.2, -0.15) is 17.6 Å². The molecule has 0 aliphatic rings. The maximum Gasteiger partial charge on any atom is 1.00 e. The molecule has 0 fully saturated rings. The number of alkyl halides is 5. The first-order valence-corrected chi connectivity index (χ1v) is 5.74. The number of rotatable bonds is 6. The molecule has 0 aromatic heterocycles. The zero-order valence-corrected chi connectivity index (χ0v) is 10.0. The second-order valence-electron chi connectivity index (χ2n) is 3.20.